The molecule has 6 heteroatoms. The molecule has 1 aromatic carbocycles. The third-order valence-corrected chi connectivity index (χ3v) is 5.52. The van der Waals surface area contributed by atoms with Crippen LogP contribution in [0.15, 0.2) is 48.7 Å². The summed E-state index contributed by atoms with van der Waals surface area (Å²) in [5.74, 6) is 1.33. The van der Waals surface area contributed by atoms with Crippen molar-refractivity contribution in [1.82, 2.24) is 14.9 Å². The van der Waals surface area contributed by atoms with E-state index in [0.717, 1.165) is 54.0 Å². The number of fused-ring (bicyclic) bond motifs is 1. The standard InChI is InChI=1S/C22H22ClN3O2/c1-28-19-5-2-15(3-6-19)12-21(27)26-10-8-16(9-11-26)20-7-4-17-13-18(23)14-24-22(17)25-20/h2-7,13-14,16H,8-12H2,1H3. The van der Waals surface area contributed by atoms with E-state index in [1.54, 1.807) is 13.3 Å². The van der Waals surface area contributed by atoms with Gasteiger partial charge < -0.3 is 9.64 Å². The van der Waals surface area contributed by atoms with Crippen LogP contribution in [0.4, 0.5) is 0 Å². The predicted molar refractivity (Wildman–Crippen MR) is 110 cm³/mol. The molecular weight excluding hydrogens is 374 g/mol. The lowest BCUT2D eigenvalue weighted by Crippen LogP contribution is -2.38. The first-order valence-corrected chi connectivity index (χ1v) is 9.83. The van der Waals surface area contributed by atoms with Gasteiger partial charge in [-0.1, -0.05) is 23.7 Å². The number of benzene rings is 1. The molecule has 28 heavy (non-hydrogen) atoms. The minimum Gasteiger partial charge on any atom is -0.497 e. The smallest absolute Gasteiger partial charge is 0.226 e. The molecule has 1 fully saturated rings. The number of amides is 1. The van der Waals surface area contributed by atoms with E-state index in [4.69, 9.17) is 21.3 Å². The molecule has 5 nitrogen and oxygen atoms in total. The maximum absolute atomic E-state index is 12.6. The molecule has 1 amide bonds. The van der Waals surface area contributed by atoms with Crippen molar-refractivity contribution in [2.75, 3.05) is 20.2 Å². The number of pyridine rings is 2. The molecule has 2 aromatic heterocycles. The second kappa shape index (κ2) is 8.15. The van der Waals surface area contributed by atoms with E-state index in [9.17, 15) is 4.79 Å². The highest BCUT2D eigenvalue weighted by Gasteiger charge is 2.24. The Morgan fingerprint density at radius 2 is 1.93 bits per heavy atom. The first-order chi connectivity index (χ1) is 13.6. The molecule has 3 heterocycles. The molecule has 3 aromatic rings. The average Bonchev–Trinajstić information content (AvgIpc) is 2.74. The van der Waals surface area contributed by atoms with Gasteiger partial charge in [0.05, 0.1) is 18.6 Å². The molecule has 1 aliphatic heterocycles. The van der Waals surface area contributed by atoms with Gasteiger partial charge >= 0.3 is 0 Å². The lowest BCUT2D eigenvalue weighted by molar-refractivity contribution is -0.131. The second-order valence-electron chi connectivity index (χ2n) is 7.12. The van der Waals surface area contributed by atoms with E-state index < -0.39 is 0 Å². The zero-order chi connectivity index (χ0) is 19.5. The van der Waals surface area contributed by atoms with Crippen molar-refractivity contribution >= 4 is 28.5 Å². The number of nitrogens with zero attached hydrogens (tertiary/aromatic N) is 3. The van der Waals surface area contributed by atoms with Crippen LogP contribution in [0.2, 0.25) is 5.02 Å². The summed E-state index contributed by atoms with van der Waals surface area (Å²) in [6, 6.07) is 13.6. The van der Waals surface area contributed by atoms with E-state index >= 15 is 0 Å². The first kappa shape index (κ1) is 18.7. The Morgan fingerprint density at radius 1 is 1.18 bits per heavy atom. The van der Waals surface area contributed by atoms with Crippen molar-refractivity contribution < 1.29 is 9.53 Å². The van der Waals surface area contributed by atoms with Crippen LogP contribution < -0.4 is 4.74 Å². The monoisotopic (exact) mass is 395 g/mol. The molecule has 144 valence electrons. The van der Waals surface area contributed by atoms with Crippen LogP contribution in [0, 0.1) is 0 Å². The number of piperidine rings is 1. The third-order valence-electron chi connectivity index (χ3n) is 5.31. The number of likely N-dealkylation sites (tertiary alicyclic amines) is 1. The van der Waals surface area contributed by atoms with E-state index in [-0.39, 0.29) is 5.91 Å². The highest BCUT2D eigenvalue weighted by Crippen LogP contribution is 2.28. The Kier molecular flexibility index (Phi) is 5.44. The highest BCUT2D eigenvalue weighted by molar-refractivity contribution is 6.31. The van der Waals surface area contributed by atoms with Crippen molar-refractivity contribution in [2.24, 2.45) is 0 Å². The second-order valence-corrected chi connectivity index (χ2v) is 7.55. The summed E-state index contributed by atoms with van der Waals surface area (Å²) >= 11 is 5.99. The average molecular weight is 396 g/mol. The summed E-state index contributed by atoms with van der Waals surface area (Å²) in [6.07, 6.45) is 3.88. The Balaban J connectivity index is 1.37. The number of methoxy groups -OCH3 is 1. The summed E-state index contributed by atoms with van der Waals surface area (Å²) in [4.78, 5) is 23.6. The zero-order valence-electron chi connectivity index (χ0n) is 15.8. The number of rotatable bonds is 4. The molecule has 0 aliphatic carbocycles. The highest BCUT2D eigenvalue weighted by atomic mass is 35.5. The molecule has 0 bridgehead atoms. The fourth-order valence-corrected chi connectivity index (χ4v) is 3.85. The van der Waals surface area contributed by atoms with Crippen LogP contribution in [0.25, 0.3) is 11.0 Å². The molecule has 0 N–H and O–H groups in total. The summed E-state index contributed by atoms with van der Waals surface area (Å²) in [6.45, 7) is 1.51. The number of ether oxygens (including phenoxy) is 1. The van der Waals surface area contributed by atoms with Gasteiger partial charge in [-0.25, -0.2) is 9.97 Å². The summed E-state index contributed by atoms with van der Waals surface area (Å²) < 4.78 is 5.16. The Labute approximate surface area is 169 Å². The molecule has 1 saturated heterocycles. The van der Waals surface area contributed by atoms with Crippen molar-refractivity contribution in [2.45, 2.75) is 25.2 Å². The van der Waals surface area contributed by atoms with Crippen LogP contribution in [0.1, 0.15) is 30.0 Å². The van der Waals surface area contributed by atoms with Gasteiger partial charge in [-0.05, 0) is 48.7 Å². The Morgan fingerprint density at radius 3 is 2.64 bits per heavy atom. The van der Waals surface area contributed by atoms with Crippen LogP contribution in [-0.2, 0) is 11.2 Å². The molecule has 0 atom stereocenters. The molecule has 0 unspecified atom stereocenters. The van der Waals surface area contributed by atoms with Gasteiger partial charge in [0, 0.05) is 36.3 Å². The van der Waals surface area contributed by atoms with Crippen molar-refractivity contribution in [1.29, 1.82) is 0 Å². The van der Waals surface area contributed by atoms with E-state index in [1.165, 1.54) is 0 Å². The number of halogens is 1. The first-order valence-electron chi connectivity index (χ1n) is 9.45. The van der Waals surface area contributed by atoms with E-state index in [1.807, 2.05) is 41.3 Å². The molecule has 0 radical (unpaired) electrons. The van der Waals surface area contributed by atoms with Gasteiger partial charge in [0.2, 0.25) is 5.91 Å². The minimum absolute atomic E-state index is 0.173. The SMILES string of the molecule is COc1ccc(CC(=O)N2CCC(c3ccc4cc(Cl)cnc4n3)CC2)cc1. The molecule has 1 aliphatic rings. The summed E-state index contributed by atoms with van der Waals surface area (Å²) in [7, 11) is 1.64. The van der Waals surface area contributed by atoms with E-state index in [0.29, 0.717) is 17.4 Å². The van der Waals surface area contributed by atoms with Gasteiger partial charge in [0.15, 0.2) is 5.65 Å². The lowest BCUT2D eigenvalue weighted by atomic mass is 9.92. The van der Waals surface area contributed by atoms with Crippen LogP contribution >= 0.6 is 11.6 Å². The van der Waals surface area contributed by atoms with Crippen molar-refractivity contribution in [3.05, 3.63) is 64.9 Å². The van der Waals surface area contributed by atoms with Gasteiger partial charge in [0.25, 0.3) is 0 Å². The van der Waals surface area contributed by atoms with Gasteiger partial charge in [-0.3, -0.25) is 4.79 Å². The molecule has 0 spiro atoms. The zero-order valence-corrected chi connectivity index (χ0v) is 16.5. The van der Waals surface area contributed by atoms with Gasteiger partial charge in [-0.2, -0.15) is 0 Å². The van der Waals surface area contributed by atoms with E-state index in [2.05, 4.69) is 11.1 Å². The summed E-state index contributed by atoms with van der Waals surface area (Å²) in [5, 5.41) is 1.56. The third kappa shape index (κ3) is 4.09. The molecule has 0 saturated carbocycles. The fraction of sp³-hybridized carbons (Fsp3) is 0.318. The van der Waals surface area contributed by atoms with Crippen molar-refractivity contribution in [3.63, 3.8) is 0 Å². The number of aromatic nitrogens is 2. The summed E-state index contributed by atoms with van der Waals surface area (Å²) in [5.41, 5.74) is 2.78. The van der Waals surface area contributed by atoms with Gasteiger partial charge in [-0.15, -0.1) is 0 Å². The normalized spacial score (nSPS) is 15.0. The van der Waals surface area contributed by atoms with Gasteiger partial charge in [0.1, 0.15) is 5.75 Å². The number of carbonyl (C=O) groups is 1. The van der Waals surface area contributed by atoms with Crippen molar-refractivity contribution in [3.8, 4) is 5.75 Å². The number of hydrogen-bond acceptors (Lipinski definition) is 4. The lowest BCUT2D eigenvalue weighted by Gasteiger charge is -2.32. The Bertz CT molecular complexity index is 983. The number of carbonyl (C=O) groups excluding carboxylic acids is 1. The predicted octanol–water partition coefficient (Wildman–Crippen LogP) is 4.24. The maximum Gasteiger partial charge on any atom is 0.226 e. The number of hydrogen-bond donors (Lipinski definition) is 0. The molecular formula is C22H22ClN3O2. The largest absolute Gasteiger partial charge is 0.497 e. The van der Waals surface area contributed by atoms with Crippen LogP contribution in [-0.4, -0.2) is 41.0 Å². The molecule has 4 rings (SSSR count). The van der Waals surface area contributed by atoms with Crippen LogP contribution in [0.3, 0.4) is 0 Å². The quantitative estimate of drug-likeness (QED) is 0.663. The Hall–Kier alpha value is -2.66. The topological polar surface area (TPSA) is 55.3 Å². The maximum atomic E-state index is 12.6. The fourth-order valence-electron chi connectivity index (χ4n) is 3.68. The minimum atomic E-state index is 0.173. The van der Waals surface area contributed by atoms with Crippen LogP contribution in [0.5, 0.6) is 5.75 Å².